The molecule has 0 amide bonds. The average molecular weight is 117 g/mol. The van der Waals surface area contributed by atoms with Gasteiger partial charge < -0.3 is 11.5 Å². The Balaban J connectivity index is 3.51. The van der Waals surface area contributed by atoms with Crippen LogP contribution >= 0.6 is 0 Å². The molecule has 0 saturated carbocycles. The summed E-state index contributed by atoms with van der Waals surface area (Å²) in [5.74, 6) is 0. The van der Waals surface area contributed by atoms with E-state index in [0.29, 0.717) is 0 Å². The van der Waals surface area contributed by atoms with Gasteiger partial charge in [0.25, 0.3) is 0 Å². The molecular formula is C4H11N3O. The Morgan fingerprint density at radius 3 is 2.25 bits per heavy atom. The van der Waals surface area contributed by atoms with E-state index in [1.165, 1.54) is 0 Å². The lowest BCUT2D eigenvalue weighted by molar-refractivity contribution is 0.567. The van der Waals surface area contributed by atoms with Crippen LogP contribution in [0.1, 0.15) is 6.92 Å². The quantitative estimate of drug-likeness (QED) is 0.485. The fourth-order valence-electron chi connectivity index (χ4n) is 0.354. The molecule has 0 bridgehead atoms. The second-order valence-corrected chi connectivity index (χ2v) is 1.77. The molecule has 48 valence electrons. The lowest BCUT2D eigenvalue weighted by Crippen LogP contribution is -2.35. The number of rotatable bonds is 3. The lowest BCUT2D eigenvalue weighted by Gasteiger charge is -2.07. The van der Waals surface area contributed by atoms with Crippen molar-refractivity contribution in [3.05, 3.63) is 4.91 Å². The maximum absolute atomic E-state index is 9.77. The summed E-state index contributed by atoms with van der Waals surface area (Å²) in [7, 11) is 0. The first-order valence-electron chi connectivity index (χ1n) is 2.50. The molecule has 0 saturated heterocycles. The summed E-state index contributed by atoms with van der Waals surface area (Å²) in [6.45, 7) is 1.94. The third kappa shape index (κ3) is 1.99. The molecular weight excluding hydrogens is 106 g/mol. The molecule has 0 aliphatic rings. The van der Waals surface area contributed by atoms with Gasteiger partial charge in [-0.3, -0.25) is 0 Å². The van der Waals surface area contributed by atoms with Crippen molar-refractivity contribution in [3.63, 3.8) is 0 Å². The molecule has 0 rings (SSSR count). The zero-order valence-corrected chi connectivity index (χ0v) is 4.87. The average Bonchev–Trinajstić information content (AvgIpc) is 1.69. The van der Waals surface area contributed by atoms with E-state index in [1.54, 1.807) is 6.92 Å². The second kappa shape index (κ2) is 3.51. The third-order valence-corrected chi connectivity index (χ3v) is 0.984. The first-order chi connectivity index (χ1) is 3.72. The summed E-state index contributed by atoms with van der Waals surface area (Å²) in [6, 6.07) is -0.646. The van der Waals surface area contributed by atoms with Crippen molar-refractivity contribution in [2.45, 2.75) is 19.0 Å². The summed E-state index contributed by atoms with van der Waals surface area (Å²) in [6.07, 6.45) is 0. The minimum Gasteiger partial charge on any atom is -0.328 e. The molecule has 2 unspecified atom stereocenters. The fourth-order valence-corrected chi connectivity index (χ4v) is 0.354. The SMILES string of the molecule is CC(N)C(CN)N=O. The summed E-state index contributed by atoms with van der Waals surface area (Å²) in [5, 5.41) is 2.71. The Bertz CT molecular complexity index is 73.7. The van der Waals surface area contributed by atoms with Gasteiger partial charge in [0.15, 0.2) is 0 Å². The standard InChI is InChI=1S/C4H11N3O/c1-3(6)4(2-5)7-8/h3-4H,2,5-6H2,1H3. The highest BCUT2D eigenvalue weighted by molar-refractivity contribution is 4.74. The molecule has 0 aromatic rings. The Morgan fingerprint density at radius 1 is 1.75 bits per heavy atom. The molecule has 4 nitrogen and oxygen atoms in total. The largest absolute Gasteiger partial charge is 0.328 e. The second-order valence-electron chi connectivity index (χ2n) is 1.77. The Morgan fingerprint density at radius 2 is 2.25 bits per heavy atom. The molecule has 0 aromatic heterocycles. The van der Waals surface area contributed by atoms with Gasteiger partial charge in [0.05, 0.1) is 0 Å². The van der Waals surface area contributed by atoms with Crippen molar-refractivity contribution < 1.29 is 0 Å². The van der Waals surface area contributed by atoms with Gasteiger partial charge in [-0.15, -0.1) is 0 Å². The molecule has 0 aliphatic heterocycles. The molecule has 4 N–H and O–H groups in total. The van der Waals surface area contributed by atoms with Crippen LogP contribution in [0, 0.1) is 4.91 Å². The fraction of sp³-hybridized carbons (Fsp3) is 1.00. The van der Waals surface area contributed by atoms with Crippen LogP contribution in [0.25, 0.3) is 0 Å². The molecule has 0 spiro atoms. The van der Waals surface area contributed by atoms with Crippen LogP contribution in [0.5, 0.6) is 0 Å². The summed E-state index contributed by atoms with van der Waals surface area (Å²) >= 11 is 0. The van der Waals surface area contributed by atoms with Crippen molar-refractivity contribution in [1.29, 1.82) is 0 Å². The molecule has 0 heterocycles. The highest BCUT2D eigenvalue weighted by Gasteiger charge is 2.09. The maximum atomic E-state index is 9.77. The van der Waals surface area contributed by atoms with Gasteiger partial charge in [0.2, 0.25) is 0 Å². The summed E-state index contributed by atoms with van der Waals surface area (Å²) in [5.41, 5.74) is 10.4. The van der Waals surface area contributed by atoms with E-state index in [1.807, 2.05) is 0 Å². The van der Waals surface area contributed by atoms with Crippen molar-refractivity contribution in [1.82, 2.24) is 0 Å². The van der Waals surface area contributed by atoms with Gasteiger partial charge in [0, 0.05) is 12.6 Å². The number of nitrogens with zero attached hydrogens (tertiary/aromatic N) is 1. The topological polar surface area (TPSA) is 81.5 Å². The van der Waals surface area contributed by atoms with Gasteiger partial charge >= 0.3 is 0 Å². The Kier molecular flexibility index (Phi) is 3.30. The van der Waals surface area contributed by atoms with Crippen LogP contribution in [0.3, 0.4) is 0 Å². The zero-order chi connectivity index (χ0) is 6.57. The third-order valence-electron chi connectivity index (χ3n) is 0.984. The summed E-state index contributed by atoms with van der Waals surface area (Å²) < 4.78 is 0. The van der Waals surface area contributed by atoms with E-state index in [9.17, 15) is 4.91 Å². The molecule has 4 heteroatoms. The molecule has 0 radical (unpaired) electrons. The highest BCUT2D eigenvalue weighted by atomic mass is 16.3. The minimum absolute atomic E-state index is 0.225. The highest BCUT2D eigenvalue weighted by Crippen LogP contribution is 1.90. The van der Waals surface area contributed by atoms with E-state index in [4.69, 9.17) is 11.5 Å². The van der Waals surface area contributed by atoms with Gasteiger partial charge in [0.1, 0.15) is 6.04 Å². The van der Waals surface area contributed by atoms with Crippen LogP contribution in [0.4, 0.5) is 0 Å². The zero-order valence-electron chi connectivity index (χ0n) is 4.87. The molecule has 2 atom stereocenters. The van der Waals surface area contributed by atoms with E-state index in [0.717, 1.165) is 0 Å². The number of nitroso groups, excluding NO2 is 1. The van der Waals surface area contributed by atoms with E-state index in [-0.39, 0.29) is 12.6 Å². The van der Waals surface area contributed by atoms with Crippen LogP contribution < -0.4 is 11.5 Å². The predicted molar refractivity (Wildman–Crippen MR) is 32.3 cm³/mol. The number of hydrogen-bond acceptors (Lipinski definition) is 4. The van der Waals surface area contributed by atoms with Crippen LogP contribution in [0.2, 0.25) is 0 Å². The van der Waals surface area contributed by atoms with Crippen molar-refractivity contribution in [2.24, 2.45) is 16.6 Å². The van der Waals surface area contributed by atoms with Crippen molar-refractivity contribution in [2.75, 3.05) is 6.54 Å². The van der Waals surface area contributed by atoms with Crippen LogP contribution in [-0.2, 0) is 0 Å². The van der Waals surface area contributed by atoms with E-state index >= 15 is 0 Å². The normalized spacial score (nSPS) is 17.4. The van der Waals surface area contributed by atoms with Gasteiger partial charge in [-0.1, -0.05) is 5.18 Å². The number of nitrogens with two attached hydrogens (primary N) is 2. The van der Waals surface area contributed by atoms with Gasteiger partial charge in [-0.05, 0) is 6.92 Å². The molecule has 0 fully saturated rings. The van der Waals surface area contributed by atoms with Crippen LogP contribution in [0.15, 0.2) is 5.18 Å². The first-order valence-corrected chi connectivity index (χ1v) is 2.50. The number of hydrogen-bond donors (Lipinski definition) is 2. The predicted octanol–water partition coefficient (Wildman–Crippen LogP) is -0.573. The Labute approximate surface area is 48.2 Å². The van der Waals surface area contributed by atoms with Gasteiger partial charge in [-0.2, -0.15) is 4.91 Å². The Hall–Kier alpha value is -0.480. The van der Waals surface area contributed by atoms with E-state index < -0.39 is 6.04 Å². The smallest absolute Gasteiger partial charge is 0.119 e. The summed E-state index contributed by atoms with van der Waals surface area (Å²) in [4.78, 5) is 9.77. The first kappa shape index (κ1) is 7.52. The molecule has 0 aromatic carbocycles. The minimum atomic E-state index is -0.421. The van der Waals surface area contributed by atoms with Gasteiger partial charge in [-0.25, -0.2) is 0 Å². The maximum Gasteiger partial charge on any atom is 0.119 e. The van der Waals surface area contributed by atoms with E-state index in [2.05, 4.69) is 5.18 Å². The molecule has 8 heavy (non-hydrogen) atoms. The van der Waals surface area contributed by atoms with Crippen molar-refractivity contribution >= 4 is 0 Å². The van der Waals surface area contributed by atoms with Crippen LogP contribution in [-0.4, -0.2) is 18.6 Å². The lowest BCUT2D eigenvalue weighted by atomic mass is 10.2. The molecule has 0 aliphatic carbocycles. The monoisotopic (exact) mass is 117 g/mol. The van der Waals surface area contributed by atoms with Crippen molar-refractivity contribution in [3.8, 4) is 0 Å².